The number of anilines is 1. The Bertz CT molecular complexity index is 1170. The van der Waals surface area contributed by atoms with E-state index in [0.717, 1.165) is 0 Å². The first kappa shape index (κ1) is 23.4. The summed E-state index contributed by atoms with van der Waals surface area (Å²) < 4.78 is 5.36. The van der Waals surface area contributed by atoms with Crippen molar-refractivity contribution in [2.45, 2.75) is 63.3 Å². The molecule has 1 aromatic heterocycles. The zero-order valence-electron chi connectivity index (χ0n) is 19.3. The minimum absolute atomic E-state index is 0.113. The molecule has 0 radical (unpaired) electrons. The molecule has 2 fully saturated rings. The zero-order chi connectivity index (χ0) is 24.7. The number of hydrogen-bond donors (Lipinski definition) is 2. The van der Waals surface area contributed by atoms with Gasteiger partial charge in [-0.05, 0) is 63.8 Å². The van der Waals surface area contributed by atoms with Gasteiger partial charge in [-0.15, -0.1) is 0 Å². The summed E-state index contributed by atoms with van der Waals surface area (Å²) in [5.74, 6) is 0. The van der Waals surface area contributed by atoms with Crippen LogP contribution in [0.3, 0.4) is 0 Å². The van der Waals surface area contributed by atoms with E-state index in [9.17, 15) is 25.3 Å². The fourth-order valence-corrected chi connectivity index (χ4v) is 4.45. The number of carbonyl (C=O) groups is 1. The normalized spacial score (nSPS) is 21.0. The van der Waals surface area contributed by atoms with Crippen LogP contribution in [-0.4, -0.2) is 50.9 Å². The lowest BCUT2D eigenvalue weighted by Crippen LogP contribution is -2.41. The second-order valence-electron chi connectivity index (χ2n) is 9.84. The molecule has 10 heteroatoms. The molecule has 2 heterocycles. The lowest BCUT2D eigenvalue weighted by molar-refractivity contribution is -0.384. The van der Waals surface area contributed by atoms with E-state index in [2.05, 4.69) is 16.4 Å². The van der Waals surface area contributed by atoms with Crippen molar-refractivity contribution in [1.29, 1.82) is 5.26 Å². The SMILES string of the molecule is CC(C)(C)OC(=O)N[C@H]1C[C@@H](C2(O)CC2)N(c2cc(-c3cnccc3C#N)ccc2[N+](=O)[O-])C1. The highest BCUT2D eigenvalue weighted by Crippen LogP contribution is 2.48. The molecule has 0 spiro atoms. The summed E-state index contributed by atoms with van der Waals surface area (Å²) in [7, 11) is 0. The second-order valence-corrected chi connectivity index (χ2v) is 9.84. The lowest BCUT2D eigenvalue weighted by Gasteiger charge is -2.30. The third kappa shape index (κ3) is 4.79. The Morgan fingerprint density at radius 1 is 1.38 bits per heavy atom. The standard InChI is InChI=1S/C24H27N5O5/c1-23(2,3)34-22(30)27-17-11-21(24(31)7-8-24)28(14-17)20-10-15(4-5-19(20)29(32)33)18-13-26-9-6-16(18)12-25/h4-6,9-10,13,17,21,31H,7-8,11,14H2,1-3H3,(H,27,30)/t17-,21-/m0/s1. The fraction of sp³-hybridized carbons (Fsp3) is 0.458. The van der Waals surface area contributed by atoms with Crippen LogP contribution in [-0.2, 0) is 4.74 Å². The highest BCUT2D eigenvalue weighted by atomic mass is 16.6. The molecule has 0 unspecified atom stereocenters. The summed E-state index contributed by atoms with van der Waals surface area (Å²) in [5, 5.41) is 35.2. The predicted molar refractivity (Wildman–Crippen MR) is 124 cm³/mol. The zero-order valence-corrected chi connectivity index (χ0v) is 19.3. The number of nitriles is 1. The van der Waals surface area contributed by atoms with Crippen LogP contribution in [0.5, 0.6) is 0 Å². The molecule has 2 N–H and O–H groups in total. The molecule has 34 heavy (non-hydrogen) atoms. The number of benzene rings is 1. The number of nitrogens with zero attached hydrogens (tertiary/aromatic N) is 4. The van der Waals surface area contributed by atoms with Crippen molar-refractivity contribution < 1.29 is 19.6 Å². The number of ether oxygens (including phenoxy) is 1. The molecule has 1 amide bonds. The summed E-state index contributed by atoms with van der Waals surface area (Å²) in [6.45, 7) is 5.58. The summed E-state index contributed by atoms with van der Waals surface area (Å²) in [6.07, 6.45) is 4.09. The third-order valence-corrected chi connectivity index (χ3v) is 6.14. The van der Waals surface area contributed by atoms with Crippen LogP contribution in [0.2, 0.25) is 0 Å². The Morgan fingerprint density at radius 3 is 2.74 bits per heavy atom. The number of nitro groups is 1. The van der Waals surface area contributed by atoms with Gasteiger partial charge in [0.25, 0.3) is 5.69 Å². The summed E-state index contributed by atoms with van der Waals surface area (Å²) in [4.78, 5) is 29.7. The van der Waals surface area contributed by atoms with Crippen molar-refractivity contribution in [1.82, 2.24) is 10.3 Å². The van der Waals surface area contributed by atoms with Crippen LogP contribution in [0.25, 0.3) is 11.1 Å². The summed E-state index contributed by atoms with van der Waals surface area (Å²) >= 11 is 0. The number of amides is 1. The Balaban J connectivity index is 1.71. The number of nitrogens with one attached hydrogen (secondary N) is 1. The minimum Gasteiger partial charge on any atom is -0.444 e. The van der Waals surface area contributed by atoms with Crippen molar-refractivity contribution >= 4 is 17.5 Å². The van der Waals surface area contributed by atoms with Gasteiger partial charge in [0.1, 0.15) is 11.3 Å². The molecule has 1 aromatic carbocycles. The number of pyridine rings is 1. The van der Waals surface area contributed by atoms with Gasteiger partial charge in [-0.25, -0.2) is 4.79 Å². The minimum atomic E-state index is -0.972. The van der Waals surface area contributed by atoms with Crippen LogP contribution >= 0.6 is 0 Å². The van der Waals surface area contributed by atoms with Crippen molar-refractivity contribution in [2.24, 2.45) is 0 Å². The molecular weight excluding hydrogens is 438 g/mol. The van der Waals surface area contributed by atoms with Crippen molar-refractivity contribution in [3.8, 4) is 17.2 Å². The van der Waals surface area contributed by atoms with Gasteiger partial charge in [-0.2, -0.15) is 5.26 Å². The predicted octanol–water partition coefficient (Wildman–Crippen LogP) is 3.53. The number of alkyl carbamates (subject to hydrolysis) is 1. The van der Waals surface area contributed by atoms with Crippen molar-refractivity contribution in [3.63, 3.8) is 0 Å². The molecule has 2 atom stereocenters. The first-order valence-corrected chi connectivity index (χ1v) is 11.1. The largest absolute Gasteiger partial charge is 0.444 e. The molecule has 10 nitrogen and oxygen atoms in total. The Morgan fingerprint density at radius 2 is 2.12 bits per heavy atom. The van der Waals surface area contributed by atoms with E-state index >= 15 is 0 Å². The van der Waals surface area contributed by atoms with Gasteiger partial charge in [0, 0.05) is 30.6 Å². The van der Waals surface area contributed by atoms with Gasteiger partial charge in [0.05, 0.1) is 34.2 Å². The second kappa shape index (κ2) is 8.57. The maximum Gasteiger partial charge on any atom is 0.407 e. The van der Waals surface area contributed by atoms with E-state index < -0.39 is 28.3 Å². The molecule has 4 rings (SSSR count). The molecule has 2 aliphatic rings. The number of carbonyl (C=O) groups excluding carboxylic acids is 1. The average molecular weight is 466 g/mol. The first-order chi connectivity index (χ1) is 16.0. The molecule has 178 valence electrons. The fourth-order valence-electron chi connectivity index (χ4n) is 4.45. The monoisotopic (exact) mass is 465 g/mol. The van der Waals surface area contributed by atoms with Crippen LogP contribution in [0.1, 0.15) is 45.6 Å². The lowest BCUT2D eigenvalue weighted by atomic mass is 10.00. The highest BCUT2D eigenvalue weighted by Gasteiger charge is 2.54. The van der Waals surface area contributed by atoms with E-state index in [4.69, 9.17) is 4.74 Å². The highest BCUT2D eigenvalue weighted by molar-refractivity contribution is 5.78. The molecular formula is C24H27N5O5. The molecule has 1 aliphatic carbocycles. The van der Waals surface area contributed by atoms with Gasteiger partial charge in [0.15, 0.2) is 0 Å². The van der Waals surface area contributed by atoms with Gasteiger partial charge in [0.2, 0.25) is 0 Å². The van der Waals surface area contributed by atoms with Gasteiger partial charge in [-0.1, -0.05) is 0 Å². The van der Waals surface area contributed by atoms with Crippen LogP contribution in [0.15, 0.2) is 36.7 Å². The first-order valence-electron chi connectivity index (χ1n) is 11.1. The number of rotatable bonds is 5. The Hall–Kier alpha value is -3.71. The maximum absolute atomic E-state index is 12.4. The van der Waals surface area contributed by atoms with Crippen LogP contribution < -0.4 is 10.2 Å². The molecule has 2 aromatic rings. The van der Waals surface area contributed by atoms with Crippen molar-refractivity contribution in [3.05, 3.63) is 52.3 Å². The smallest absolute Gasteiger partial charge is 0.407 e. The Kier molecular flexibility index (Phi) is 5.91. The number of aliphatic hydroxyl groups is 1. The maximum atomic E-state index is 12.4. The van der Waals surface area contributed by atoms with Crippen LogP contribution in [0, 0.1) is 21.4 Å². The van der Waals surface area contributed by atoms with Gasteiger partial charge < -0.3 is 20.1 Å². The summed E-state index contributed by atoms with van der Waals surface area (Å²) in [6, 6.07) is 7.59. The van der Waals surface area contributed by atoms with E-state index in [1.807, 2.05) is 0 Å². The van der Waals surface area contributed by atoms with Crippen molar-refractivity contribution in [2.75, 3.05) is 11.4 Å². The Labute approximate surface area is 197 Å². The van der Waals surface area contributed by atoms with Gasteiger partial charge >= 0.3 is 6.09 Å². The number of aromatic nitrogens is 1. The average Bonchev–Trinajstić information content (AvgIpc) is 3.37. The molecule has 1 aliphatic heterocycles. The summed E-state index contributed by atoms with van der Waals surface area (Å²) in [5.41, 5.74) is 0.151. The molecule has 1 saturated heterocycles. The van der Waals surface area contributed by atoms with Gasteiger partial charge in [-0.3, -0.25) is 15.1 Å². The van der Waals surface area contributed by atoms with E-state index in [1.165, 1.54) is 12.3 Å². The number of hydrogen-bond acceptors (Lipinski definition) is 8. The molecule has 0 bridgehead atoms. The van der Waals surface area contributed by atoms with E-state index in [0.29, 0.717) is 41.6 Å². The molecule has 1 saturated carbocycles. The third-order valence-electron chi connectivity index (χ3n) is 6.14. The van der Waals surface area contributed by atoms with E-state index in [-0.39, 0.29) is 18.3 Å². The number of nitro benzene ring substituents is 1. The quantitative estimate of drug-likeness (QED) is 0.504. The van der Waals surface area contributed by atoms with E-state index in [1.54, 1.807) is 50.1 Å². The topological polar surface area (TPSA) is 142 Å². The van der Waals surface area contributed by atoms with Crippen LogP contribution in [0.4, 0.5) is 16.2 Å².